The molecule has 0 atom stereocenters. The lowest BCUT2D eigenvalue weighted by Crippen LogP contribution is -2.47. The van der Waals surface area contributed by atoms with E-state index in [9.17, 15) is 14.4 Å². The van der Waals surface area contributed by atoms with Gasteiger partial charge in [-0.05, 0) is 43.4 Å². The van der Waals surface area contributed by atoms with Crippen LogP contribution in [0.1, 0.15) is 30.4 Å². The number of amides is 3. The summed E-state index contributed by atoms with van der Waals surface area (Å²) in [5.74, 6) is -0.384. The molecule has 1 saturated heterocycles. The summed E-state index contributed by atoms with van der Waals surface area (Å²) in [5, 5.41) is 1.01. The predicted octanol–water partition coefficient (Wildman–Crippen LogP) is 3.03. The first-order valence-electron chi connectivity index (χ1n) is 10.8. The van der Waals surface area contributed by atoms with E-state index in [1.54, 1.807) is 36.3 Å². The number of likely N-dealkylation sites (N-methyl/N-ethyl adjacent to an activating group) is 1. The minimum Gasteiger partial charge on any atom is -0.497 e. The molecule has 1 aliphatic heterocycles. The van der Waals surface area contributed by atoms with Gasteiger partial charge in [0.1, 0.15) is 16.4 Å². The lowest BCUT2D eigenvalue weighted by atomic mass is 10.1. The molecular formula is C24H25ClN4O5S. The van der Waals surface area contributed by atoms with E-state index in [2.05, 4.69) is 15.8 Å². The first kappa shape index (κ1) is 24.8. The number of halogens is 1. The Labute approximate surface area is 211 Å². The molecule has 0 aliphatic carbocycles. The Kier molecular flexibility index (Phi) is 7.44. The summed E-state index contributed by atoms with van der Waals surface area (Å²) >= 11 is 7.57. The Bertz CT molecular complexity index is 1290. The van der Waals surface area contributed by atoms with Gasteiger partial charge in [-0.1, -0.05) is 11.6 Å². The molecule has 3 amide bonds. The molecule has 0 saturated carbocycles. The van der Waals surface area contributed by atoms with Crippen LogP contribution in [-0.4, -0.2) is 75.0 Å². The number of hydrogen-bond acceptors (Lipinski definition) is 7. The lowest BCUT2D eigenvalue weighted by Gasteiger charge is -2.32. The van der Waals surface area contributed by atoms with Gasteiger partial charge in [-0.3, -0.25) is 25.2 Å². The molecule has 3 aromatic rings. The molecule has 2 heterocycles. The number of benzene rings is 2. The van der Waals surface area contributed by atoms with Crippen LogP contribution in [0.15, 0.2) is 36.4 Å². The fraction of sp³-hybridized carbons (Fsp3) is 0.292. The number of methoxy groups -OCH3 is 2. The number of rotatable bonds is 5. The van der Waals surface area contributed by atoms with Gasteiger partial charge in [0, 0.05) is 41.8 Å². The van der Waals surface area contributed by atoms with Gasteiger partial charge in [0.25, 0.3) is 17.7 Å². The van der Waals surface area contributed by atoms with Crippen LogP contribution in [0.2, 0.25) is 5.02 Å². The van der Waals surface area contributed by atoms with Crippen molar-refractivity contribution in [3.05, 3.63) is 57.4 Å². The van der Waals surface area contributed by atoms with Gasteiger partial charge in [0.05, 0.1) is 24.8 Å². The Morgan fingerprint density at radius 2 is 1.66 bits per heavy atom. The third-order valence-electron chi connectivity index (χ3n) is 5.82. The molecule has 1 aliphatic rings. The van der Waals surface area contributed by atoms with E-state index in [0.717, 1.165) is 23.2 Å². The highest BCUT2D eigenvalue weighted by Crippen LogP contribution is 2.37. The zero-order valence-corrected chi connectivity index (χ0v) is 21.1. The van der Waals surface area contributed by atoms with Crippen LogP contribution in [0.4, 0.5) is 0 Å². The Morgan fingerprint density at radius 3 is 2.34 bits per heavy atom. The van der Waals surface area contributed by atoms with Gasteiger partial charge in [-0.25, -0.2) is 0 Å². The molecule has 11 heteroatoms. The van der Waals surface area contributed by atoms with E-state index in [-0.39, 0.29) is 22.1 Å². The summed E-state index contributed by atoms with van der Waals surface area (Å²) in [5.41, 5.74) is 5.39. The molecule has 0 unspecified atom stereocenters. The van der Waals surface area contributed by atoms with Crippen molar-refractivity contribution in [2.75, 3.05) is 47.4 Å². The number of thiophene rings is 1. The summed E-state index contributed by atoms with van der Waals surface area (Å²) in [6.45, 7) is 2.89. The summed E-state index contributed by atoms with van der Waals surface area (Å²) in [4.78, 5) is 42.5. The van der Waals surface area contributed by atoms with Crippen LogP contribution < -0.4 is 20.3 Å². The number of piperazine rings is 1. The number of nitrogens with zero attached hydrogens (tertiary/aromatic N) is 2. The second-order valence-corrected chi connectivity index (χ2v) is 9.46. The second kappa shape index (κ2) is 10.5. The smallest absolute Gasteiger partial charge is 0.281 e. The molecule has 4 rings (SSSR count). The van der Waals surface area contributed by atoms with Crippen LogP contribution in [-0.2, 0) is 0 Å². The zero-order valence-electron chi connectivity index (χ0n) is 19.5. The molecule has 0 radical (unpaired) electrons. The van der Waals surface area contributed by atoms with Crippen LogP contribution in [0.5, 0.6) is 11.5 Å². The van der Waals surface area contributed by atoms with Crippen molar-refractivity contribution >= 4 is 50.7 Å². The van der Waals surface area contributed by atoms with E-state index < -0.39 is 11.8 Å². The first-order chi connectivity index (χ1) is 16.8. The van der Waals surface area contributed by atoms with Gasteiger partial charge in [0.15, 0.2) is 0 Å². The summed E-state index contributed by atoms with van der Waals surface area (Å²) in [6, 6.07) is 9.94. The largest absolute Gasteiger partial charge is 0.497 e. The van der Waals surface area contributed by atoms with Crippen molar-refractivity contribution in [2.24, 2.45) is 0 Å². The zero-order chi connectivity index (χ0) is 25.1. The number of ether oxygens (including phenoxy) is 2. The van der Waals surface area contributed by atoms with Crippen molar-refractivity contribution in [1.29, 1.82) is 0 Å². The van der Waals surface area contributed by atoms with Crippen molar-refractivity contribution in [3.63, 3.8) is 0 Å². The normalized spacial score (nSPS) is 14.0. The number of nitrogens with one attached hydrogen (secondary N) is 2. The van der Waals surface area contributed by atoms with Gasteiger partial charge >= 0.3 is 0 Å². The molecule has 2 N–H and O–H groups in total. The molecule has 0 bridgehead atoms. The molecule has 1 fully saturated rings. The number of fused-ring (bicyclic) bond motifs is 1. The fourth-order valence-corrected chi connectivity index (χ4v) is 5.20. The second-order valence-electron chi connectivity index (χ2n) is 8.03. The van der Waals surface area contributed by atoms with Crippen molar-refractivity contribution in [2.45, 2.75) is 0 Å². The SMILES string of the molecule is COc1ccc2c(Cl)c(C(=O)NNC(=O)c3ccc(C(=O)N4CCN(C)CC4)cc3OC)sc2c1. The molecule has 35 heavy (non-hydrogen) atoms. The maximum Gasteiger partial charge on any atom is 0.281 e. The van der Waals surface area contributed by atoms with Gasteiger partial charge in [-0.15, -0.1) is 11.3 Å². The highest BCUT2D eigenvalue weighted by Gasteiger charge is 2.23. The minimum atomic E-state index is -0.590. The quantitative estimate of drug-likeness (QED) is 0.506. The van der Waals surface area contributed by atoms with Gasteiger partial charge in [-0.2, -0.15) is 0 Å². The summed E-state index contributed by atoms with van der Waals surface area (Å²) in [6.07, 6.45) is 0. The van der Waals surface area contributed by atoms with E-state index in [4.69, 9.17) is 21.1 Å². The van der Waals surface area contributed by atoms with Crippen molar-refractivity contribution in [1.82, 2.24) is 20.7 Å². The predicted molar refractivity (Wildman–Crippen MR) is 135 cm³/mol. The van der Waals surface area contributed by atoms with Gasteiger partial charge in [0.2, 0.25) is 0 Å². The van der Waals surface area contributed by atoms with E-state index >= 15 is 0 Å². The Morgan fingerprint density at radius 1 is 0.943 bits per heavy atom. The van der Waals surface area contributed by atoms with E-state index in [1.165, 1.54) is 30.6 Å². The average molecular weight is 517 g/mol. The highest BCUT2D eigenvalue weighted by atomic mass is 35.5. The third-order valence-corrected chi connectivity index (χ3v) is 7.47. The monoisotopic (exact) mass is 516 g/mol. The molecular weight excluding hydrogens is 492 g/mol. The van der Waals surface area contributed by atoms with Crippen molar-refractivity contribution in [3.8, 4) is 11.5 Å². The summed E-state index contributed by atoms with van der Waals surface area (Å²) in [7, 11) is 4.99. The van der Waals surface area contributed by atoms with Crippen LogP contribution >= 0.6 is 22.9 Å². The fourth-order valence-electron chi connectivity index (χ4n) is 3.76. The maximum atomic E-state index is 12.8. The number of hydrazine groups is 1. The number of hydrogen-bond donors (Lipinski definition) is 2. The molecule has 184 valence electrons. The maximum absolute atomic E-state index is 12.8. The molecule has 0 spiro atoms. The van der Waals surface area contributed by atoms with Gasteiger partial charge < -0.3 is 19.3 Å². The minimum absolute atomic E-state index is 0.118. The topological polar surface area (TPSA) is 100 Å². The molecule has 9 nitrogen and oxygen atoms in total. The number of carbonyl (C=O) groups is 3. The van der Waals surface area contributed by atoms with Crippen LogP contribution in [0.25, 0.3) is 10.1 Å². The standard InChI is InChI=1S/C24H25ClN4O5S/c1-28-8-10-29(11-9-28)24(32)14-4-6-16(18(12-14)34-3)22(30)26-27-23(31)21-20(25)17-7-5-15(33-2)13-19(17)35-21/h4-7,12-13H,8-11H2,1-3H3,(H,26,30)(H,27,31). The third kappa shape index (κ3) is 5.19. The highest BCUT2D eigenvalue weighted by molar-refractivity contribution is 7.21. The number of carbonyl (C=O) groups excluding carboxylic acids is 3. The molecule has 1 aromatic heterocycles. The van der Waals surface area contributed by atoms with Crippen LogP contribution in [0, 0.1) is 0 Å². The van der Waals surface area contributed by atoms with Crippen molar-refractivity contribution < 1.29 is 23.9 Å². The summed E-state index contributed by atoms with van der Waals surface area (Å²) < 4.78 is 11.3. The molecule has 2 aromatic carbocycles. The Hall–Kier alpha value is -3.34. The van der Waals surface area contributed by atoms with E-state index in [0.29, 0.717) is 29.4 Å². The van der Waals surface area contributed by atoms with Crippen LogP contribution in [0.3, 0.4) is 0 Å². The van der Waals surface area contributed by atoms with E-state index in [1.807, 2.05) is 7.05 Å². The first-order valence-corrected chi connectivity index (χ1v) is 12.0. The Balaban J connectivity index is 1.45. The average Bonchev–Trinajstić information content (AvgIpc) is 3.22. The lowest BCUT2D eigenvalue weighted by molar-refractivity contribution is 0.0663.